The fraction of sp³-hybridized carbons (Fsp3) is 0.824. The molecule has 0 aromatic heterocycles. The van der Waals surface area contributed by atoms with E-state index in [1.54, 1.807) is 12.1 Å². The fourth-order valence-corrected chi connectivity index (χ4v) is 6.11. The third-order valence-corrected chi connectivity index (χ3v) is 8.63. The van der Waals surface area contributed by atoms with Crippen LogP contribution in [-0.4, -0.2) is 36.4 Å². The second-order valence-corrected chi connectivity index (χ2v) is 12.8. The summed E-state index contributed by atoms with van der Waals surface area (Å²) in [5, 5.41) is 15.2. The van der Waals surface area contributed by atoms with Crippen LogP contribution in [0.2, 0.25) is 0 Å². The molecule has 236 valence electrons. The van der Waals surface area contributed by atoms with Gasteiger partial charge >= 0.3 is 0 Å². The molecule has 0 aliphatic rings. The zero-order valence-corrected chi connectivity index (χ0v) is 27.0. The van der Waals surface area contributed by atoms with Crippen LogP contribution in [-0.2, 0) is 23.0 Å². The molecule has 1 aromatic rings. The van der Waals surface area contributed by atoms with E-state index in [-0.39, 0.29) is 18.1 Å². The predicted octanol–water partition coefficient (Wildman–Crippen LogP) is 9.61. The lowest BCUT2D eigenvalue weighted by molar-refractivity contribution is 0.186. The Morgan fingerprint density at radius 1 is 0.525 bits per heavy atom. The Balaban J connectivity index is 0.00000354. The van der Waals surface area contributed by atoms with Gasteiger partial charge in [-0.05, 0) is 42.9 Å². The van der Waals surface area contributed by atoms with Gasteiger partial charge in [0.25, 0.3) is 10.1 Å². The lowest BCUT2D eigenvalue weighted by atomic mass is 9.96. The lowest BCUT2D eigenvalue weighted by Crippen LogP contribution is -2.07. The topological polar surface area (TPSA) is 94.8 Å². The number of aliphatic hydroxyl groups is 2. The highest BCUT2D eigenvalue weighted by molar-refractivity contribution is 7.85. The van der Waals surface area contributed by atoms with E-state index in [9.17, 15) is 13.0 Å². The Hall–Kier alpha value is -0.950. The molecule has 0 amide bonds. The molecule has 1 aromatic carbocycles. The van der Waals surface area contributed by atoms with Crippen LogP contribution in [0, 0.1) is 0 Å². The minimum absolute atomic E-state index is 0.125. The largest absolute Gasteiger partial charge is 0.394 e. The maximum absolute atomic E-state index is 12.0. The molecule has 6 heteroatoms. The highest BCUT2D eigenvalue weighted by Gasteiger charge is 2.17. The number of aryl methyl sites for hydroxylation is 1. The Kier molecular flexibility index (Phi) is 27.5. The van der Waals surface area contributed by atoms with Crippen LogP contribution in [0.3, 0.4) is 0 Å². The quantitative estimate of drug-likeness (QED) is 0.0744. The van der Waals surface area contributed by atoms with Gasteiger partial charge in [0.05, 0.1) is 18.1 Å². The summed E-state index contributed by atoms with van der Waals surface area (Å²) in [6.45, 7) is 4.27. The summed E-state index contributed by atoms with van der Waals surface area (Å²) in [5.41, 5.74) is 1.98. The SMILES string of the molecule is CCCCCCCCCCCCCc1cccc(S(=O)(=O)O)c1CCCCCCCCCCCCC.OCCO. The van der Waals surface area contributed by atoms with Crippen LogP contribution in [0.25, 0.3) is 0 Å². The van der Waals surface area contributed by atoms with Crippen molar-refractivity contribution >= 4 is 10.1 Å². The molecule has 0 bridgehead atoms. The molecule has 0 aliphatic heterocycles. The van der Waals surface area contributed by atoms with E-state index >= 15 is 0 Å². The van der Waals surface area contributed by atoms with Crippen molar-refractivity contribution in [2.24, 2.45) is 0 Å². The molecule has 0 atom stereocenters. The van der Waals surface area contributed by atoms with E-state index in [1.165, 1.54) is 122 Å². The molecule has 0 radical (unpaired) electrons. The Morgan fingerprint density at radius 2 is 0.875 bits per heavy atom. The van der Waals surface area contributed by atoms with Gasteiger partial charge in [0.2, 0.25) is 0 Å². The summed E-state index contributed by atoms with van der Waals surface area (Å²) < 4.78 is 33.8. The van der Waals surface area contributed by atoms with Gasteiger partial charge in [-0.1, -0.05) is 154 Å². The number of unbranched alkanes of at least 4 members (excludes halogenated alkanes) is 20. The molecule has 40 heavy (non-hydrogen) atoms. The zero-order valence-electron chi connectivity index (χ0n) is 26.2. The average molecular weight is 585 g/mol. The predicted molar refractivity (Wildman–Crippen MR) is 171 cm³/mol. The second kappa shape index (κ2) is 28.2. The summed E-state index contributed by atoms with van der Waals surface area (Å²) in [5.74, 6) is 0. The smallest absolute Gasteiger partial charge is 0.294 e. The van der Waals surface area contributed by atoms with Gasteiger partial charge in [-0.25, -0.2) is 0 Å². The minimum Gasteiger partial charge on any atom is -0.394 e. The first-order valence-corrected chi connectivity index (χ1v) is 18.2. The summed E-state index contributed by atoms with van der Waals surface area (Å²) in [4.78, 5) is 0.134. The third-order valence-electron chi connectivity index (χ3n) is 7.69. The van der Waals surface area contributed by atoms with Crippen LogP contribution in [0.4, 0.5) is 0 Å². The highest BCUT2D eigenvalue weighted by atomic mass is 32.2. The first-order valence-electron chi connectivity index (χ1n) is 16.7. The highest BCUT2D eigenvalue weighted by Crippen LogP contribution is 2.25. The van der Waals surface area contributed by atoms with Gasteiger partial charge in [-0.2, -0.15) is 8.42 Å². The lowest BCUT2D eigenvalue weighted by Gasteiger charge is -2.14. The van der Waals surface area contributed by atoms with Gasteiger partial charge in [-0.15, -0.1) is 0 Å². The molecule has 3 N–H and O–H groups in total. The Bertz CT molecular complexity index is 777. The molecular formula is C34H64O5S. The second-order valence-electron chi connectivity index (χ2n) is 11.4. The molecule has 0 fully saturated rings. The van der Waals surface area contributed by atoms with Gasteiger partial charge < -0.3 is 10.2 Å². The number of rotatable bonds is 26. The summed E-state index contributed by atoms with van der Waals surface area (Å²) >= 11 is 0. The maximum Gasteiger partial charge on any atom is 0.294 e. The maximum atomic E-state index is 12.0. The van der Waals surface area contributed by atoms with E-state index < -0.39 is 10.1 Å². The number of benzene rings is 1. The molecule has 0 saturated carbocycles. The first kappa shape index (κ1) is 39.0. The van der Waals surface area contributed by atoms with Crippen LogP contribution < -0.4 is 0 Å². The van der Waals surface area contributed by atoms with Crippen molar-refractivity contribution in [3.05, 3.63) is 29.3 Å². The van der Waals surface area contributed by atoms with Crippen molar-refractivity contribution in [2.75, 3.05) is 13.2 Å². The molecule has 0 heterocycles. The van der Waals surface area contributed by atoms with E-state index in [2.05, 4.69) is 19.9 Å². The summed E-state index contributed by atoms with van der Waals surface area (Å²) in [7, 11) is -4.17. The van der Waals surface area contributed by atoms with E-state index in [4.69, 9.17) is 10.2 Å². The average Bonchev–Trinajstić information content (AvgIpc) is 2.94. The van der Waals surface area contributed by atoms with Gasteiger partial charge in [-0.3, -0.25) is 4.55 Å². The molecule has 1 rings (SSSR count). The van der Waals surface area contributed by atoms with E-state index in [1.807, 2.05) is 0 Å². The number of hydrogen-bond donors (Lipinski definition) is 3. The molecule has 0 spiro atoms. The first-order chi connectivity index (χ1) is 19.4. The number of hydrogen-bond acceptors (Lipinski definition) is 4. The van der Waals surface area contributed by atoms with Crippen LogP contribution in [0.1, 0.15) is 166 Å². The Morgan fingerprint density at radius 3 is 1.23 bits per heavy atom. The minimum atomic E-state index is -4.17. The van der Waals surface area contributed by atoms with Crippen molar-refractivity contribution in [3.8, 4) is 0 Å². The van der Waals surface area contributed by atoms with E-state index in [0.29, 0.717) is 0 Å². The van der Waals surface area contributed by atoms with Crippen molar-refractivity contribution in [2.45, 2.75) is 173 Å². The van der Waals surface area contributed by atoms with Crippen molar-refractivity contribution in [1.29, 1.82) is 0 Å². The zero-order chi connectivity index (χ0) is 29.7. The summed E-state index contributed by atoms with van der Waals surface area (Å²) in [6, 6.07) is 5.44. The summed E-state index contributed by atoms with van der Waals surface area (Å²) in [6.07, 6.45) is 30.2. The van der Waals surface area contributed by atoms with Crippen molar-refractivity contribution in [1.82, 2.24) is 0 Å². The van der Waals surface area contributed by atoms with Gasteiger partial charge in [0.15, 0.2) is 0 Å². The molecule has 0 saturated heterocycles. The van der Waals surface area contributed by atoms with Crippen LogP contribution in [0.5, 0.6) is 0 Å². The van der Waals surface area contributed by atoms with Crippen molar-refractivity contribution < 1.29 is 23.2 Å². The molecule has 0 aliphatic carbocycles. The van der Waals surface area contributed by atoms with Crippen LogP contribution in [0.15, 0.2) is 23.1 Å². The van der Waals surface area contributed by atoms with Gasteiger partial charge in [0, 0.05) is 0 Å². The Labute approximate surface area is 248 Å². The third kappa shape index (κ3) is 22.7. The van der Waals surface area contributed by atoms with Gasteiger partial charge in [0.1, 0.15) is 0 Å². The molecular weight excluding hydrogens is 520 g/mol. The normalized spacial score (nSPS) is 11.4. The van der Waals surface area contributed by atoms with E-state index in [0.717, 1.165) is 43.2 Å². The number of aliphatic hydroxyl groups excluding tert-OH is 2. The fourth-order valence-electron chi connectivity index (χ4n) is 5.32. The monoisotopic (exact) mass is 584 g/mol. The standard InChI is InChI=1S/C32H58O3S.C2H6O2/c1-3-5-7-9-11-13-15-17-19-21-23-26-30-27-25-29-32(36(33,34)35)31(30)28-24-22-20-18-16-14-12-10-8-6-4-2;3-1-2-4/h25,27,29H,3-24,26,28H2,1-2H3,(H,33,34,35);3-4H,1-2H2. The molecule has 5 nitrogen and oxygen atoms in total. The van der Waals surface area contributed by atoms with Crippen LogP contribution >= 0.6 is 0 Å². The molecule has 0 unspecified atom stereocenters. The van der Waals surface area contributed by atoms with Crippen molar-refractivity contribution in [3.63, 3.8) is 0 Å².